The smallest absolute Gasteiger partial charge is 0.406 e. The average Bonchev–Trinajstić information content (AvgIpc) is 2.13. The lowest BCUT2D eigenvalue weighted by Crippen LogP contribution is -2.29. The molecule has 2 nitrogen and oxygen atoms in total. The largest absolute Gasteiger partial charge is 0.573 e. The third kappa shape index (κ3) is 4.22. The fraction of sp³-hybridized carbons (Fsp3) is 0.538. The maximum absolute atomic E-state index is 12.2. The summed E-state index contributed by atoms with van der Waals surface area (Å²) in [6.45, 7) is 6.06. The van der Waals surface area contributed by atoms with E-state index in [4.69, 9.17) is 0 Å². The first kappa shape index (κ1) is 14.8. The third-order valence-corrected chi connectivity index (χ3v) is 2.58. The van der Waals surface area contributed by atoms with Gasteiger partial charge in [0.1, 0.15) is 5.75 Å². The monoisotopic (exact) mass is 261 g/mol. The van der Waals surface area contributed by atoms with Gasteiger partial charge in [0.05, 0.1) is 0 Å². The zero-order valence-corrected chi connectivity index (χ0v) is 10.9. The number of benzene rings is 1. The van der Waals surface area contributed by atoms with Gasteiger partial charge in [0.25, 0.3) is 0 Å². The highest BCUT2D eigenvalue weighted by Gasteiger charge is 2.32. The van der Waals surface area contributed by atoms with E-state index < -0.39 is 6.36 Å². The number of rotatable bonds is 3. The van der Waals surface area contributed by atoms with Crippen molar-refractivity contribution in [3.05, 3.63) is 29.8 Å². The first-order valence-electron chi connectivity index (χ1n) is 5.66. The van der Waals surface area contributed by atoms with Crippen LogP contribution in [0.1, 0.15) is 32.4 Å². The van der Waals surface area contributed by atoms with Crippen molar-refractivity contribution < 1.29 is 17.9 Å². The Bertz CT molecular complexity index is 396. The molecule has 0 aromatic heterocycles. The van der Waals surface area contributed by atoms with Crippen molar-refractivity contribution in [1.29, 1.82) is 0 Å². The van der Waals surface area contributed by atoms with Gasteiger partial charge < -0.3 is 10.1 Å². The van der Waals surface area contributed by atoms with Crippen LogP contribution in [0.3, 0.4) is 0 Å². The van der Waals surface area contributed by atoms with Crippen LogP contribution >= 0.6 is 0 Å². The second kappa shape index (κ2) is 5.18. The molecule has 1 N–H and O–H groups in total. The number of hydrogen-bond acceptors (Lipinski definition) is 2. The summed E-state index contributed by atoms with van der Waals surface area (Å²) >= 11 is 0. The molecule has 0 radical (unpaired) electrons. The van der Waals surface area contributed by atoms with Crippen LogP contribution in [0.25, 0.3) is 0 Å². The molecule has 102 valence electrons. The van der Waals surface area contributed by atoms with Crippen molar-refractivity contribution in [1.82, 2.24) is 5.32 Å². The predicted molar refractivity (Wildman–Crippen MR) is 64.4 cm³/mol. The van der Waals surface area contributed by atoms with Gasteiger partial charge in [-0.05, 0) is 30.2 Å². The second-order valence-corrected chi connectivity index (χ2v) is 5.21. The summed E-state index contributed by atoms with van der Waals surface area (Å²) in [5.74, 6) is -0.190. The van der Waals surface area contributed by atoms with Crippen LogP contribution in [0.5, 0.6) is 5.75 Å². The molecule has 1 aromatic carbocycles. The molecule has 0 bridgehead atoms. The van der Waals surface area contributed by atoms with Crippen molar-refractivity contribution in [2.24, 2.45) is 5.41 Å². The van der Waals surface area contributed by atoms with Crippen molar-refractivity contribution in [3.8, 4) is 5.75 Å². The standard InChI is InChI=1S/C13H18F3NO/c1-12(2,3)11(17-4)9-6-5-7-10(8-9)18-13(14,15)16/h5-8,11,17H,1-4H3. The fourth-order valence-electron chi connectivity index (χ4n) is 1.99. The van der Waals surface area contributed by atoms with Crippen LogP contribution in [-0.2, 0) is 0 Å². The first-order valence-corrected chi connectivity index (χ1v) is 5.66. The Kier molecular flexibility index (Phi) is 4.27. The summed E-state index contributed by atoms with van der Waals surface area (Å²) in [6.07, 6.45) is -4.66. The number of hydrogen-bond donors (Lipinski definition) is 1. The molecule has 0 aliphatic carbocycles. The Morgan fingerprint density at radius 3 is 2.22 bits per heavy atom. The highest BCUT2D eigenvalue weighted by atomic mass is 19.4. The normalized spacial score (nSPS) is 14.4. The van der Waals surface area contributed by atoms with Crippen molar-refractivity contribution in [2.45, 2.75) is 33.2 Å². The van der Waals surface area contributed by atoms with Gasteiger partial charge in [0.2, 0.25) is 0 Å². The minimum atomic E-state index is -4.66. The molecule has 1 rings (SSSR count). The lowest BCUT2D eigenvalue weighted by molar-refractivity contribution is -0.274. The van der Waals surface area contributed by atoms with E-state index in [9.17, 15) is 13.2 Å². The van der Waals surface area contributed by atoms with Crippen LogP contribution in [-0.4, -0.2) is 13.4 Å². The van der Waals surface area contributed by atoms with Crippen LogP contribution in [0.2, 0.25) is 0 Å². The molecule has 0 aliphatic rings. The minimum absolute atomic E-state index is 0.0470. The number of nitrogens with one attached hydrogen (secondary N) is 1. The second-order valence-electron chi connectivity index (χ2n) is 5.21. The van der Waals surface area contributed by atoms with Gasteiger partial charge in [-0.3, -0.25) is 0 Å². The lowest BCUT2D eigenvalue weighted by Gasteiger charge is -2.31. The summed E-state index contributed by atoms with van der Waals surface area (Å²) in [5.41, 5.74) is 0.665. The SMILES string of the molecule is CNC(c1cccc(OC(F)(F)F)c1)C(C)(C)C. The molecular weight excluding hydrogens is 243 g/mol. The van der Waals surface area contributed by atoms with Gasteiger partial charge in [0, 0.05) is 6.04 Å². The van der Waals surface area contributed by atoms with Gasteiger partial charge in [-0.2, -0.15) is 0 Å². The molecule has 0 fully saturated rings. The van der Waals surface area contributed by atoms with Crippen LogP contribution in [0.4, 0.5) is 13.2 Å². The van der Waals surface area contributed by atoms with Crippen LogP contribution in [0, 0.1) is 5.41 Å². The van der Waals surface area contributed by atoms with E-state index in [0.717, 1.165) is 5.56 Å². The molecule has 1 unspecified atom stereocenters. The van der Waals surface area contributed by atoms with Gasteiger partial charge >= 0.3 is 6.36 Å². The molecule has 0 saturated carbocycles. The Hall–Kier alpha value is -1.23. The Labute approximate surface area is 105 Å². The van der Waals surface area contributed by atoms with Gasteiger partial charge in [-0.1, -0.05) is 32.9 Å². The van der Waals surface area contributed by atoms with E-state index in [-0.39, 0.29) is 17.2 Å². The van der Waals surface area contributed by atoms with Gasteiger partial charge in [-0.25, -0.2) is 0 Å². The molecule has 1 aromatic rings. The Morgan fingerprint density at radius 2 is 1.78 bits per heavy atom. The molecule has 0 aliphatic heterocycles. The van der Waals surface area contributed by atoms with Crippen LogP contribution < -0.4 is 10.1 Å². The molecule has 0 saturated heterocycles. The summed E-state index contributed by atoms with van der Waals surface area (Å²) < 4.78 is 40.4. The first-order chi connectivity index (χ1) is 8.13. The molecule has 0 amide bonds. The molecule has 5 heteroatoms. The quantitative estimate of drug-likeness (QED) is 0.891. The van der Waals surface area contributed by atoms with Crippen molar-refractivity contribution in [2.75, 3.05) is 7.05 Å². The van der Waals surface area contributed by atoms with E-state index in [1.165, 1.54) is 12.1 Å². The fourth-order valence-corrected chi connectivity index (χ4v) is 1.99. The lowest BCUT2D eigenvalue weighted by atomic mass is 9.82. The highest BCUT2D eigenvalue weighted by Crippen LogP contribution is 2.34. The summed E-state index contributed by atoms with van der Waals surface area (Å²) in [4.78, 5) is 0. The molecule has 18 heavy (non-hydrogen) atoms. The summed E-state index contributed by atoms with van der Waals surface area (Å²) in [6, 6.07) is 6.02. The molecule has 0 heterocycles. The van der Waals surface area contributed by atoms with Gasteiger partial charge in [-0.15, -0.1) is 13.2 Å². The number of alkyl halides is 3. The maximum atomic E-state index is 12.2. The van der Waals surface area contributed by atoms with E-state index in [1.807, 2.05) is 20.8 Å². The van der Waals surface area contributed by atoms with Gasteiger partial charge in [0.15, 0.2) is 0 Å². The summed E-state index contributed by atoms with van der Waals surface area (Å²) in [7, 11) is 1.78. The zero-order valence-electron chi connectivity index (χ0n) is 10.9. The minimum Gasteiger partial charge on any atom is -0.406 e. The Morgan fingerprint density at radius 1 is 1.17 bits per heavy atom. The van der Waals surface area contributed by atoms with Crippen molar-refractivity contribution >= 4 is 0 Å². The topological polar surface area (TPSA) is 21.3 Å². The predicted octanol–water partition coefficient (Wildman–Crippen LogP) is 3.89. The summed E-state index contributed by atoms with van der Waals surface area (Å²) in [5, 5.41) is 3.11. The number of ether oxygens (including phenoxy) is 1. The Balaban J connectivity index is 3.01. The third-order valence-electron chi connectivity index (χ3n) is 2.58. The van der Waals surface area contributed by atoms with E-state index in [2.05, 4.69) is 10.1 Å². The highest BCUT2D eigenvalue weighted by molar-refractivity contribution is 5.31. The zero-order chi connectivity index (χ0) is 14.0. The van der Waals surface area contributed by atoms with E-state index in [0.29, 0.717) is 0 Å². The maximum Gasteiger partial charge on any atom is 0.573 e. The van der Waals surface area contributed by atoms with E-state index in [1.54, 1.807) is 19.2 Å². The molecule has 1 atom stereocenters. The average molecular weight is 261 g/mol. The number of halogens is 3. The van der Waals surface area contributed by atoms with Crippen molar-refractivity contribution in [3.63, 3.8) is 0 Å². The molecular formula is C13H18F3NO. The van der Waals surface area contributed by atoms with Crippen LogP contribution in [0.15, 0.2) is 24.3 Å². The molecule has 0 spiro atoms. The van der Waals surface area contributed by atoms with E-state index >= 15 is 0 Å².